The van der Waals surface area contributed by atoms with Gasteiger partial charge in [0, 0.05) is 0 Å². The van der Waals surface area contributed by atoms with Gasteiger partial charge in [-0.15, -0.1) is 0 Å². The van der Waals surface area contributed by atoms with Crippen molar-refractivity contribution in [3.63, 3.8) is 0 Å². The molecule has 0 amide bonds. The summed E-state index contributed by atoms with van der Waals surface area (Å²) >= 11 is 0. The number of hydrogen-bond donors (Lipinski definition) is 2. The quantitative estimate of drug-likeness (QED) is 0.828. The molecule has 0 aliphatic rings. The van der Waals surface area contributed by atoms with Crippen LogP contribution in [0.25, 0.3) is 0 Å². The zero-order chi connectivity index (χ0) is 13.6. The summed E-state index contributed by atoms with van der Waals surface area (Å²) in [6.07, 6.45) is 0. The van der Waals surface area contributed by atoms with Crippen molar-refractivity contribution in [1.82, 2.24) is 0 Å². The Hall–Kier alpha value is -1.51. The third kappa shape index (κ3) is 5.95. The van der Waals surface area contributed by atoms with Gasteiger partial charge in [0.1, 0.15) is 5.75 Å². The highest BCUT2D eigenvalue weighted by Gasteiger charge is 2.03. The maximum atomic E-state index is 9.70. The molecule has 0 saturated heterocycles. The normalized spacial score (nSPS) is 10.1. The van der Waals surface area contributed by atoms with Crippen LogP contribution in [0, 0.1) is 12.8 Å². The molecule has 0 aliphatic heterocycles. The summed E-state index contributed by atoms with van der Waals surface area (Å²) in [4.78, 5) is 9.70. The van der Waals surface area contributed by atoms with Gasteiger partial charge >= 0.3 is 5.97 Å². The van der Waals surface area contributed by atoms with Crippen LogP contribution in [-0.2, 0) is 4.79 Å². The van der Waals surface area contributed by atoms with Gasteiger partial charge in [-0.25, -0.2) is 0 Å². The summed E-state index contributed by atoms with van der Waals surface area (Å²) in [5.74, 6) is -0.157. The first-order valence-electron chi connectivity index (χ1n) is 5.78. The molecule has 0 fully saturated rings. The molecule has 0 saturated carbocycles. The van der Waals surface area contributed by atoms with Crippen molar-refractivity contribution in [3.8, 4) is 5.75 Å². The van der Waals surface area contributed by atoms with E-state index in [0.29, 0.717) is 11.7 Å². The van der Waals surface area contributed by atoms with E-state index in [4.69, 9.17) is 5.11 Å². The number of carboxylic acids is 1. The first-order chi connectivity index (χ1) is 7.75. The van der Waals surface area contributed by atoms with Crippen LogP contribution in [0.15, 0.2) is 18.2 Å². The predicted octanol–water partition coefficient (Wildman–Crippen LogP) is 3.55. The third-order valence-electron chi connectivity index (χ3n) is 2.30. The first kappa shape index (κ1) is 15.5. The molecule has 17 heavy (non-hydrogen) atoms. The van der Waals surface area contributed by atoms with E-state index in [9.17, 15) is 9.90 Å². The highest BCUT2D eigenvalue weighted by Crippen LogP contribution is 2.25. The third-order valence-corrected chi connectivity index (χ3v) is 2.30. The first-order valence-corrected chi connectivity index (χ1v) is 5.78. The van der Waals surface area contributed by atoms with Crippen molar-refractivity contribution in [3.05, 3.63) is 29.3 Å². The standard InChI is InChI=1S/C10H14O.C4H8O2/c1-7(2)9-5-4-8(3)6-10(9)11;1-3(2)4(5)6/h4-7,11H,1-3H3;3H,1-2H3,(H,5,6). The van der Waals surface area contributed by atoms with E-state index in [-0.39, 0.29) is 5.92 Å². The number of hydrogen-bond acceptors (Lipinski definition) is 2. The monoisotopic (exact) mass is 238 g/mol. The Labute approximate surface area is 103 Å². The summed E-state index contributed by atoms with van der Waals surface area (Å²) in [6.45, 7) is 9.41. The van der Waals surface area contributed by atoms with Crippen LogP contribution in [0.2, 0.25) is 0 Å². The molecule has 96 valence electrons. The van der Waals surface area contributed by atoms with E-state index in [2.05, 4.69) is 13.8 Å². The molecule has 3 nitrogen and oxygen atoms in total. The van der Waals surface area contributed by atoms with Gasteiger partial charge in [0.15, 0.2) is 0 Å². The van der Waals surface area contributed by atoms with E-state index in [0.717, 1.165) is 11.1 Å². The molecule has 0 heterocycles. The van der Waals surface area contributed by atoms with Crippen molar-refractivity contribution < 1.29 is 15.0 Å². The van der Waals surface area contributed by atoms with Gasteiger partial charge in [-0.2, -0.15) is 0 Å². The zero-order valence-corrected chi connectivity index (χ0v) is 11.2. The fourth-order valence-electron chi connectivity index (χ4n) is 1.14. The molecule has 0 radical (unpaired) electrons. The number of aryl methyl sites for hydroxylation is 1. The number of rotatable bonds is 2. The van der Waals surface area contributed by atoms with E-state index < -0.39 is 5.97 Å². The summed E-state index contributed by atoms with van der Waals surface area (Å²) in [5.41, 5.74) is 2.13. The van der Waals surface area contributed by atoms with E-state index in [1.54, 1.807) is 19.9 Å². The number of phenolic OH excluding ortho intramolecular Hbond substituents is 1. The Balaban J connectivity index is 0.000000366. The molecule has 1 rings (SSSR count). The lowest BCUT2D eigenvalue weighted by molar-refractivity contribution is -0.140. The summed E-state index contributed by atoms with van der Waals surface area (Å²) in [5, 5.41) is 17.5. The maximum absolute atomic E-state index is 9.70. The lowest BCUT2D eigenvalue weighted by atomic mass is 10.0. The minimum Gasteiger partial charge on any atom is -0.508 e. The van der Waals surface area contributed by atoms with Crippen LogP contribution in [0.4, 0.5) is 0 Å². The molecule has 0 spiro atoms. The summed E-state index contributed by atoms with van der Waals surface area (Å²) < 4.78 is 0. The molecular formula is C14H22O3. The average Bonchev–Trinajstić information content (AvgIpc) is 2.17. The number of phenols is 1. The Morgan fingerprint density at radius 1 is 1.18 bits per heavy atom. The van der Waals surface area contributed by atoms with E-state index in [1.165, 1.54) is 0 Å². The van der Waals surface area contributed by atoms with Gasteiger partial charge in [-0.3, -0.25) is 4.79 Å². The molecule has 0 unspecified atom stereocenters. The SMILES string of the molecule is CC(C)C(=O)O.Cc1ccc(C(C)C)c(O)c1. The van der Waals surface area contributed by atoms with Gasteiger partial charge in [0.05, 0.1) is 5.92 Å². The lowest BCUT2D eigenvalue weighted by Gasteiger charge is -2.07. The summed E-state index contributed by atoms with van der Waals surface area (Å²) in [6, 6.07) is 5.81. The van der Waals surface area contributed by atoms with Crippen molar-refractivity contribution >= 4 is 5.97 Å². The smallest absolute Gasteiger partial charge is 0.305 e. The fourth-order valence-corrected chi connectivity index (χ4v) is 1.14. The molecule has 2 N–H and O–H groups in total. The van der Waals surface area contributed by atoms with Gasteiger partial charge in [0.25, 0.3) is 0 Å². The van der Waals surface area contributed by atoms with Crippen LogP contribution in [0.3, 0.4) is 0 Å². The van der Waals surface area contributed by atoms with Crippen LogP contribution < -0.4 is 0 Å². The van der Waals surface area contributed by atoms with Crippen molar-refractivity contribution in [2.75, 3.05) is 0 Å². The number of aromatic hydroxyl groups is 1. The van der Waals surface area contributed by atoms with Crippen LogP contribution in [0.1, 0.15) is 44.7 Å². The Bertz CT molecular complexity index is 368. The van der Waals surface area contributed by atoms with E-state index in [1.807, 2.05) is 19.1 Å². The van der Waals surface area contributed by atoms with Crippen molar-refractivity contribution in [2.45, 2.75) is 40.5 Å². The van der Waals surface area contributed by atoms with Crippen LogP contribution in [0.5, 0.6) is 5.75 Å². The predicted molar refractivity (Wildman–Crippen MR) is 69.4 cm³/mol. The Morgan fingerprint density at radius 2 is 1.65 bits per heavy atom. The number of aliphatic carboxylic acids is 1. The molecule has 1 aromatic carbocycles. The topological polar surface area (TPSA) is 57.5 Å². The molecule has 3 heteroatoms. The second-order valence-electron chi connectivity index (χ2n) is 4.71. The number of carboxylic acid groups (broad SMARTS) is 1. The average molecular weight is 238 g/mol. The molecular weight excluding hydrogens is 216 g/mol. The van der Waals surface area contributed by atoms with E-state index >= 15 is 0 Å². The number of benzene rings is 1. The Kier molecular flexibility index (Phi) is 6.33. The minimum absolute atomic E-state index is 0.231. The number of carbonyl (C=O) groups is 1. The van der Waals surface area contributed by atoms with Crippen LogP contribution >= 0.6 is 0 Å². The minimum atomic E-state index is -0.741. The molecule has 0 bridgehead atoms. The van der Waals surface area contributed by atoms with Gasteiger partial charge < -0.3 is 10.2 Å². The van der Waals surface area contributed by atoms with Gasteiger partial charge in [-0.05, 0) is 30.0 Å². The van der Waals surface area contributed by atoms with Crippen LogP contribution in [-0.4, -0.2) is 16.2 Å². The van der Waals surface area contributed by atoms with Crippen molar-refractivity contribution in [2.24, 2.45) is 5.92 Å². The molecule has 0 aliphatic carbocycles. The zero-order valence-electron chi connectivity index (χ0n) is 11.2. The second-order valence-corrected chi connectivity index (χ2v) is 4.71. The largest absolute Gasteiger partial charge is 0.508 e. The highest BCUT2D eigenvalue weighted by atomic mass is 16.4. The molecule has 1 aromatic rings. The maximum Gasteiger partial charge on any atom is 0.305 e. The highest BCUT2D eigenvalue weighted by molar-refractivity contribution is 5.68. The molecule has 0 aromatic heterocycles. The fraction of sp³-hybridized carbons (Fsp3) is 0.500. The lowest BCUT2D eigenvalue weighted by Crippen LogP contribution is -2.03. The second kappa shape index (κ2) is 6.94. The molecule has 0 atom stereocenters. The Morgan fingerprint density at radius 3 is 1.94 bits per heavy atom. The van der Waals surface area contributed by atoms with Crippen molar-refractivity contribution in [1.29, 1.82) is 0 Å². The van der Waals surface area contributed by atoms with Gasteiger partial charge in [0.2, 0.25) is 0 Å². The summed E-state index contributed by atoms with van der Waals surface area (Å²) in [7, 11) is 0. The van der Waals surface area contributed by atoms with Gasteiger partial charge in [-0.1, -0.05) is 39.8 Å².